The van der Waals surface area contributed by atoms with Crippen LogP contribution in [0.2, 0.25) is 5.15 Å². The van der Waals surface area contributed by atoms with Crippen LogP contribution in [0.1, 0.15) is 0 Å². The minimum absolute atomic E-state index is 0.0799. The SMILES string of the molecule is CN1CCOCC1=O.COc1nc(Cl)cc2nccnc12. The average Bonchev–Trinajstić information content (AvgIpc) is 2.50. The van der Waals surface area contributed by atoms with E-state index < -0.39 is 0 Å². The molecule has 0 radical (unpaired) electrons. The number of amides is 1. The molecule has 8 heteroatoms. The van der Waals surface area contributed by atoms with E-state index in [4.69, 9.17) is 21.1 Å². The highest BCUT2D eigenvalue weighted by Crippen LogP contribution is 2.22. The Morgan fingerprint density at radius 2 is 2.14 bits per heavy atom. The van der Waals surface area contributed by atoms with Gasteiger partial charge in [-0.3, -0.25) is 9.78 Å². The number of rotatable bonds is 1. The van der Waals surface area contributed by atoms with Crippen LogP contribution in [0.25, 0.3) is 11.0 Å². The minimum Gasteiger partial charge on any atom is -0.479 e. The predicted molar refractivity (Wildman–Crippen MR) is 77.4 cm³/mol. The van der Waals surface area contributed by atoms with E-state index in [0.717, 1.165) is 6.54 Å². The van der Waals surface area contributed by atoms with Crippen molar-refractivity contribution >= 4 is 28.5 Å². The number of methoxy groups -OCH3 is 1. The average molecular weight is 311 g/mol. The third-order valence-electron chi connectivity index (χ3n) is 2.81. The Labute approximate surface area is 126 Å². The number of ether oxygens (including phenoxy) is 2. The van der Waals surface area contributed by atoms with Crippen LogP contribution in [0.3, 0.4) is 0 Å². The molecule has 112 valence electrons. The summed E-state index contributed by atoms with van der Waals surface area (Å²) in [7, 11) is 3.30. The summed E-state index contributed by atoms with van der Waals surface area (Å²) in [5.74, 6) is 0.479. The van der Waals surface area contributed by atoms with E-state index in [0.29, 0.717) is 28.7 Å². The molecule has 1 aliphatic heterocycles. The first kappa shape index (κ1) is 15.4. The maximum atomic E-state index is 10.6. The van der Waals surface area contributed by atoms with Crippen LogP contribution >= 0.6 is 11.6 Å². The normalized spacial score (nSPS) is 14.6. The van der Waals surface area contributed by atoms with Gasteiger partial charge in [0.05, 0.1) is 19.2 Å². The second kappa shape index (κ2) is 7.14. The van der Waals surface area contributed by atoms with Gasteiger partial charge in [0.2, 0.25) is 11.8 Å². The van der Waals surface area contributed by atoms with Crippen LogP contribution in [0.5, 0.6) is 5.88 Å². The lowest BCUT2D eigenvalue weighted by Gasteiger charge is -2.21. The number of fused-ring (bicyclic) bond motifs is 1. The molecule has 1 saturated heterocycles. The van der Waals surface area contributed by atoms with Gasteiger partial charge in [-0.1, -0.05) is 11.6 Å². The van der Waals surface area contributed by atoms with Gasteiger partial charge in [-0.2, -0.15) is 4.98 Å². The van der Waals surface area contributed by atoms with Crippen molar-refractivity contribution in [2.24, 2.45) is 0 Å². The first-order valence-corrected chi connectivity index (χ1v) is 6.62. The van der Waals surface area contributed by atoms with E-state index in [1.807, 2.05) is 0 Å². The maximum Gasteiger partial charge on any atom is 0.248 e. The van der Waals surface area contributed by atoms with Crippen molar-refractivity contribution in [2.75, 3.05) is 33.9 Å². The van der Waals surface area contributed by atoms with Crippen molar-refractivity contribution in [1.82, 2.24) is 19.9 Å². The van der Waals surface area contributed by atoms with Gasteiger partial charge in [0.1, 0.15) is 11.8 Å². The van der Waals surface area contributed by atoms with E-state index >= 15 is 0 Å². The molecule has 3 rings (SSSR count). The number of nitrogens with zero attached hydrogens (tertiary/aromatic N) is 4. The minimum atomic E-state index is 0.0799. The fourth-order valence-electron chi connectivity index (χ4n) is 1.65. The Morgan fingerprint density at radius 1 is 1.38 bits per heavy atom. The van der Waals surface area contributed by atoms with E-state index in [9.17, 15) is 4.79 Å². The highest BCUT2D eigenvalue weighted by molar-refractivity contribution is 6.30. The zero-order chi connectivity index (χ0) is 15.2. The Kier molecular flexibility index (Phi) is 5.24. The van der Waals surface area contributed by atoms with Crippen molar-refractivity contribution in [3.63, 3.8) is 0 Å². The molecule has 0 aliphatic carbocycles. The molecule has 0 N–H and O–H groups in total. The highest BCUT2D eigenvalue weighted by Gasteiger charge is 2.12. The molecule has 0 aromatic carbocycles. The lowest BCUT2D eigenvalue weighted by molar-refractivity contribution is -0.140. The monoisotopic (exact) mass is 310 g/mol. The van der Waals surface area contributed by atoms with Crippen molar-refractivity contribution in [1.29, 1.82) is 0 Å². The predicted octanol–water partition coefficient (Wildman–Crippen LogP) is 1.16. The smallest absolute Gasteiger partial charge is 0.248 e. The van der Waals surface area contributed by atoms with Crippen LogP contribution < -0.4 is 4.74 Å². The Hall–Kier alpha value is -1.99. The molecule has 0 atom stereocenters. The van der Waals surface area contributed by atoms with Gasteiger partial charge in [0.25, 0.3) is 0 Å². The van der Waals surface area contributed by atoms with E-state index in [2.05, 4.69) is 15.0 Å². The fraction of sp³-hybridized carbons (Fsp3) is 0.385. The number of pyridine rings is 1. The van der Waals surface area contributed by atoms with Crippen LogP contribution in [0.15, 0.2) is 18.5 Å². The Bertz CT molecular complexity index is 638. The molecule has 0 unspecified atom stereocenters. The summed E-state index contributed by atoms with van der Waals surface area (Å²) >= 11 is 5.74. The van der Waals surface area contributed by atoms with Gasteiger partial charge in [-0.25, -0.2) is 4.98 Å². The quantitative estimate of drug-likeness (QED) is 0.736. The summed E-state index contributed by atoms with van der Waals surface area (Å²) in [6.07, 6.45) is 3.18. The van der Waals surface area contributed by atoms with Gasteiger partial charge in [0, 0.05) is 32.1 Å². The molecule has 1 amide bonds. The van der Waals surface area contributed by atoms with Crippen molar-refractivity contribution in [3.05, 3.63) is 23.6 Å². The standard InChI is InChI=1S/C8H6ClN3O.C5H9NO2/c1-13-8-7-5(4-6(9)12-8)10-2-3-11-7;1-6-2-3-8-4-5(6)7/h2-4H,1H3;2-4H2,1H3. The second-order valence-electron chi connectivity index (χ2n) is 4.25. The second-order valence-corrected chi connectivity index (χ2v) is 4.63. The number of carbonyl (C=O) groups excluding carboxylic acids is 1. The van der Waals surface area contributed by atoms with Crippen molar-refractivity contribution in [2.45, 2.75) is 0 Å². The number of morpholine rings is 1. The van der Waals surface area contributed by atoms with E-state index in [1.54, 1.807) is 30.4 Å². The number of hydrogen-bond donors (Lipinski definition) is 0. The third kappa shape index (κ3) is 3.99. The molecule has 0 bridgehead atoms. The third-order valence-corrected chi connectivity index (χ3v) is 3.00. The van der Waals surface area contributed by atoms with Crippen LogP contribution in [0.4, 0.5) is 0 Å². The lowest BCUT2D eigenvalue weighted by Crippen LogP contribution is -2.38. The number of halogens is 1. The first-order valence-electron chi connectivity index (χ1n) is 6.24. The molecule has 21 heavy (non-hydrogen) atoms. The van der Waals surface area contributed by atoms with Crippen LogP contribution in [-0.4, -0.2) is 59.7 Å². The van der Waals surface area contributed by atoms with Crippen LogP contribution in [0, 0.1) is 0 Å². The zero-order valence-corrected chi connectivity index (χ0v) is 12.5. The molecule has 1 aliphatic rings. The Balaban J connectivity index is 0.000000173. The lowest BCUT2D eigenvalue weighted by atomic mass is 10.4. The van der Waals surface area contributed by atoms with Gasteiger partial charge in [-0.15, -0.1) is 0 Å². The molecule has 2 aromatic rings. The zero-order valence-electron chi connectivity index (χ0n) is 11.7. The fourth-order valence-corrected chi connectivity index (χ4v) is 1.83. The molecule has 2 aromatic heterocycles. The van der Waals surface area contributed by atoms with Gasteiger partial charge < -0.3 is 14.4 Å². The topological polar surface area (TPSA) is 77.4 Å². The molecule has 3 heterocycles. The first-order chi connectivity index (χ1) is 10.1. The molecular formula is C13H15ClN4O3. The molecular weight excluding hydrogens is 296 g/mol. The summed E-state index contributed by atoms with van der Waals surface area (Å²) in [5.41, 5.74) is 1.30. The number of likely N-dealkylation sites (N-methyl/N-ethyl adjacent to an activating group) is 1. The van der Waals surface area contributed by atoms with Crippen molar-refractivity contribution < 1.29 is 14.3 Å². The summed E-state index contributed by atoms with van der Waals surface area (Å²) in [6.45, 7) is 1.68. The number of carbonyl (C=O) groups is 1. The van der Waals surface area contributed by atoms with Gasteiger partial charge >= 0.3 is 0 Å². The summed E-state index contributed by atoms with van der Waals surface area (Å²) in [5, 5.41) is 0.352. The summed E-state index contributed by atoms with van der Waals surface area (Å²) in [6, 6.07) is 1.65. The van der Waals surface area contributed by atoms with E-state index in [-0.39, 0.29) is 12.5 Å². The van der Waals surface area contributed by atoms with Gasteiger partial charge in [0.15, 0.2) is 5.52 Å². The summed E-state index contributed by atoms with van der Waals surface area (Å²) in [4.78, 5) is 24.4. The molecule has 0 saturated carbocycles. The van der Waals surface area contributed by atoms with Crippen molar-refractivity contribution in [3.8, 4) is 5.88 Å². The summed E-state index contributed by atoms with van der Waals surface area (Å²) < 4.78 is 9.87. The molecule has 7 nitrogen and oxygen atoms in total. The van der Waals surface area contributed by atoms with Gasteiger partial charge in [-0.05, 0) is 0 Å². The van der Waals surface area contributed by atoms with E-state index in [1.165, 1.54) is 7.11 Å². The number of hydrogen-bond acceptors (Lipinski definition) is 6. The maximum absolute atomic E-state index is 10.6. The number of aromatic nitrogens is 3. The van der Waals surface area contributed by atoms with Crippen LogP contribution in [-0.2, 0) is 9.53 Å². The highest BCUT2D eigenvalue weighted by atomic mass is 35.5. The molecule has 0 spiro atoms. The Morgan fingerprint density at radius 3 is 2.76 bits per heavy atom. The largest absolute Gasteiger partial charge is 0.479 e. The molecule has 1 fully saturated rings.